The fourth-order valence-electron chi connectivity index (χ4n) is 3.12. The number of benzene rings is 1. The normalized spacial score (nSPS) is 14.5. The van der Waals surface area contributed by atoms with Gasteiger partial charge in [-0.1, -0.05) is 17.4 Å². The second kappa shape index (κ2) is 5.78. The molecule has 1 saturated heterocycles. The molecule has 0 spiro atoms. The van der Waals surface area contributed by atoms with Gasteiger partial charge in [-0.15, -0.1) is 0 Å². The van der Waals surface area contributed by atoms with Crippen molar-refractivity contribution in [3.8, 4) is 0 Å². The second-order valence-electron chi connectivity index (χ2n) is 5.85. The number of rotatable bonds is 2. The number of nitrogens with zero attached hydrogens (tertiary/aromatic N) is 2. The molecule has 25 heavy (non-hydrogen) atoms. The van der Waals surface area contributed by atoms with Crippen LogP contribution in [0.2, 0.25) is 0 Å². The van der Waals surface area contributed by atoms with Gasteiger partial charge in [0, 0.05) is 13.1 Å². The molecule has 0 atom stereocenters. The Kier molecular flexibility index (Phi) is 3.69. The van der Waals surface area contributed by atoms with Gasteiger partial charge < -0.3 is 19.8 Å². The lowest BCUT2D eigenvalue weighted by atomic mass is 10.1. The van der Waals surface area contributed by atoms with Crippen LogP contribution >= 0.6 is 23.6 Å². The number of hydrogen-bond donors (Lipinski definition) is 1. The van der Waals surface area contributed by atoms with E-state index in [4.69, 9.17) is 12.2 Å². The number of amides is 1. The number of aromatic carboxylic acids is 1. The molecule has 0 unspecified atom stereocenters. The van der Waals surface area contributed by atoms with Gasteiger partial charge in [0.2, 0.25) is 0 Å². The maximum Gasteiger partial charge on any atom is 0.267 e. The van der Waals surface area contributed by atoms with Gasteiger partial charge in [-0.2, -0.15) is 0 Å². The van der Waals surface area contributed by atoms with E-state index in [1.165, 1.54) is 18.2 Å². The summed E-state index contributed by atoms with van der Waals surface area (Å²) in [6.45, 7) is 1.37. The Hall–Kier alpha value is -2.52. The molecule has 1 aromatic carbocycles. The zero-order valence-corrected chi connectivity index (χ0v) is 14.5. The predicted molar refractivity (Wildman–Crippen MR) is 93.7 cm³/mol. The van der Waals surface area contributed by atoms with E-state index in [1.54, 1.807) is 9.30 Å². The van der Waals surface area contributed by atoms with Crippen molar-refractivity contribution in [2.24, 2.45) is 0 Å². The molecular formula is C16H12N3O4S2-. The molecule has 1 N–H and O–H groups in total. The molecule has 9 heteroatoms. The second-order valence-corrected chi connectivity index (χ2v) is 7.50. The smallest absolute Gasteiger partial charge is 0.267 e. The molecule has 2 aromatic heterocycles. The Bertz CT molecular complexity index is 1150. The highest BCUT2D eigenvalue weighted by atomic mass is 32.1. The van der Waals surface area contributed by atoms with Crippen LogP contribution in [0, 0.1) is 3.95 Å². The lowest BCUT2D eigenvalue weighted by Crippen LogP contribution is -2.27. The monoisotopic (exact) mass is 374 g/mol. The van der Waals surface area contributed by atoms with Crippen LogP contribution in [0.3, 0.4) is 0 Å². The van der Waals surface area contributed by atoms with Gasteiger partial charge in [0.25, 0.3) is 11.5 Å². The van der Waals surface area contributed by atoms with E-state index in [0.29, 0.717) is 38.5 Å². The quantitative estimate of drug-likeness (QED) is 0.679. The first-order valence-corrected chi connectivity index (χ1v) is 8.92. The summed E-state index contributed by atoms with van der Waals surface area (Å²) in [5.41, 5.74) is 0.199. The Morgan fingerprint density at radius 1 is 1.24 bits per heavy atom. The molecule has 4 rings (SSSR count). The number of H-pyrrole nitrogens is 1. The first kappa shape index (κ1) is 16.0. The Morgan fingerprint density at radius 3 is 2.64 bits per heavy atom. The molecule has 3 aromatic rings. The first-order chi connectivity index (χ1) is 12.0. The number of thiazole rings is 1. The largest absolute Gasteiger partial charge is 0.545 e. The molecule has 1 amide bonds. The minimum atomic E-state index is -1.34. The van der Waals surface area contributed by atoms with Gasteiger partial charge in [-0.25, -0.2) is 0 Å². The molecule has 7 nitrogen and oxygen atoms in total. The number of carbonyl (C=O) groups is 2. The summed E-state index contributed by atoms with van der Waals surface area (Å²) in [5, 5.41) is 11.4. The topological polar surface area (TPSA) is 97.7 Å². The summed E-state index contributed by atoms with van der Waals surface area (Å²) in [4.78, 5) is 41.1. The number of hydrogen-bond acceptors (Lipinski definition) is 6. The molecule has 0 bridgehead atoms. The zero-order chi connectivity index (χ0) is 17.7. The number of aromatic amines is 1. The Labute approximate surface area is 150 Å². The van der Waals surface area contributed by atoms with Crippen molar-refractivity contribution in [1.82, 2.24) is 14.3 Å². The highest BCUT2D eigenvalue weighted by molar-refractivity contribution is 7.73. The fourth-order valence-corrected chi connectivity index (χ4v) is 4.48. The summed E-state index contributed by atoms with van der Waals surface area (Å²) in [5.74, 6) is -1.51. The van der Waals surface area contributed by atoms with Crippen molar-refractivity contribution in [3.05, 3.63) is 42.9 Å². The SMILES string of the molecule is O=C([O-])c1ccc2c(=O)[nH]c3c(C(=O)N4CCCC4)sc(=S)n3c2c1. The summed E-state index contributed by atoms with van der Waals surface area (Å²) in [6.07, 6.45) is 1.91. The minimum absolute atomic E-state index is 0.0556. The molecule has 3 heterocycles. The van der Waals surface area contributed by atoms with E-state index in [0.717, 1.165) is 24.2 Å². The van der Waals surface area contributed by atoms with E-state index in [2.05, 4.69) is 4.98 Å². The average molecular weight is 374 g/mol. The van der Waals surface area contributed by atoms with Gasteiger partial charge in [-0.05, 0) is 42.8 Å². The van der Waals surface area contributed by atoms with Crippen LogP contribution < -0.4 is 10.7 Å². The number of likely N-dealkylation sites (tertiary alicyclic amines) is 1. The van der Waals surface area contributed by atoms with E-state index in [1.807, 2.05) is 0 Å². The van der Waals surface area contributed by atoms with Crippen LogP contribution in [0.1, 0.15) is 32.9 Å². The van der Waals surface area contributed by atoms with Crippen LogP contribution in [-0.2, 0) is 0 Å². The molecule has 1 aliphatic rings. The molecule has 1 fully saturated rings. The van der Waals surface area contributed by atoms with Gasteiger partial charge in [0.05, 0.1) is 16.9 Å². The third-order valence-corrected chi connectivity index (χ3v) is 5.71. The average Bonchev–Trinajstić information content (AvgIpc) is 3.22. The molecule has 0 saturated carbocycles. The van der Waals surface area contributed by atoms with Crippen molar-refractivity contribution >= 4 is 52.0 Å². The van der Waals surface area contributed by atoms with E-state index >= 15 is 0 Å². The summed E-state index contributed by atoms with van der Waals surface area (Å²) in [7, 11) is 0. The highest BCUT2D eigenvalue weighted by Crippen LogP contribution is 2.25. The van der Waals surface area contributed by atoms with Crippen LogP contribution in [0.5, 0.6) is 0 Å². The number of nitrogens with one attached hydrogen (secondary N) is 1. The summed E-state index contributed by atoms with van der Waals surface area (Å²) >= 11 is 6.49. The molecule has 1 aliphatic heterocycles. The Balaban J connectivity index is 2.04. The number of fused-ring (bicyclic) bond motifs is 3. The van der Waals surface area contributed by atoms with Gasteiger partial charge in [0.15, 0.2) is 3.95 Å². The van der Waals surface area contributed by atoms with E-state index < -0.39 is 11.5 Å². The van der Waals surface area contributed by atoms with Crippen molar-refractivity contribution < 1.29 is 14.7 Å². The standard InChI is InChI=1S/C16H13N3O4S2/c20-13-9-4-3-8(15(22)23)7-10(9)19-12(17-13)11(25-16(19)24)14(21)18-5-1-2-6-18/h3-4,7H,1-2,5-6H2,(H,17,20)(H,22,23)/p-1. The van der Waals surface area contributed by atoms with Crippen LogP contribution in [-0.4, -0.2) is 39.3 Å². The van der Waals surface area contributed by atoms with Crippen LogP contribution in [0.25, 0.3) is 16.6 Å². The number of aromatic nitrogens is 2. The maximum atomic E-state index is 12.7. The predicted octanol–water partition coefficient (Wildman–Crippen LogP) is 1.17. The molecule has 0 radical (unpaired) electrons. The number of carboxylic acid groups (broad SMARTS) is 1. The summed E-state index contributed by atoms with van der Waals surface area (Å²) < 4.78 is 1.92. The van der Waals surface area contributed by atoms with Crippen molar-refractivity contribution in [2.45, 2.75) is 12.8 Å². The van der Waals surface area contributed by atoms with Crippen LogP contribution in [0.15, 0.2) is 23.0 Å². The maximum absolute atomic E-state index is 12.7. The molecule has 128 valence electrons. The lowest BCUT2D eigenvalue weighted by molar-refractivity contribution is -0.255. The lowest BCUT2D eigenvalue weighted by Gasteiger charge is -2.13. The number of carboxylic acids is 1. The molecule has 0 aliphatic carbocycles. The minimum Gasteiger partial charge on any atom is -0.545 e. The van der Waals surface area contributed by atoms with Crippen LogP contribution in [0.4, 0.5) is 0 Å². The third kappa shape index (κ3) is 2.47. The molecular weight excluding hydrogens is 362 g/mol. The van der Waals surface area contributed by atoms with E-state index in [9.17, 15) is 19.5 Å². The van der Waals surface area contributed by atoms with Gasteiger partial charge >= 0.3 is 0 Å². The van der Waals surface area contributed by atoms with Gasteiger partial charge in [-0.3, -0.25) is 14.0 Å². The van der Waals surface area contributed by atoms with Crippen molar-refractivity contribution in [3.63, 3.8) is 0 Å². The summed E-state index contributed by atoms with van der Waals surface area (Å²) in [6, 6.07) is 4.07. The Morgan fingerprint density at radius 2 is 1.96 bits per heavy atom. The third-order valence-electron chi connectivity index (χ3n) is 4.35. The van der Waals surface area contributed by atoms with Gasteiger partial charge in [0.1, 0.15) is 10.5 Å². The zero-order valence-electron chi connectivity index (χ0n) is 12.9. The number of carbonyl (C=O) groups excluding carboxylic acids is 2. The highest BCUT2D eigenvalue weighted by Gasteiger charge is 2.25. The van der Waals surface area contributed by atoms with Crippen molar-refractivity contribution in [1.29, 1.82) is 0 Å². The van der Waals surface area contributed by atoms with E-state index in [-0.39, 0.29) is 11.5 Å². The van der Waals surface area contributed by atoms with Crippen molar-refractivity contribution in [2.75, 3.05) is 13.1 Å². The first-order valence-electron chi connectivity index (χ1n) is 7.69. The fraction of sp³-hybridized carbons (Fsp3) is 0.250.